The molecule has 4 rings (SSSR count). The van der Waals surface area contributed by atoms with Gasteiger partial charge in [-0.1, -0.05) is 0 Å². The SMILES string of the molecule is FC1(F)CCN(Cc2ccncc2)C[C@@]12CCN(c1cnccn1)C2. The van der Waals surface area contributed by atoms with Crippen LogP contribution in [0.3, 0.4) is 0 Å². The second kappa shape index (κ2) is 6.29. The molecule has 0 aliphatic carbocycles. The summed E-state index contributed by atoms with van der Waals surface area (Å²) in [5.74, 6) is -1.97. The van der Waals surface area contributed by atoms with Gasteiger partial charge in [0, 0.05) is 63.9 Å². The summed E-state index contributed by atoms with van der Waals surface area (Å²) in [6, 6.07) is 3.89. The summed E-state index contributed by atoms with van der Waals surface area (Å²) in [7, 11) is 0. The van der Waals surface area contributed by atoms with Gasteiger partial charge in [-0.15, -0.1) is 0 Å². The Bertz CT molecular complexity index is 712. The van der Waals surface area contributed by atoms with E-state index in [0.29, 0.717) is 45.0 Å². The summed E-state index contributed by atoms with van der Waals surface area (Å²) in [6.45, 7) is 2.43. The highest BCUT2D eigenvalue weighted by Gasteiger charge is 2.59. The number of likely N-dealkylation sites (tertiary alicyclic amines) is 1. The maximum absolute atomic E-state index is 14.9. The van der Waals surface area contributed by atoms with Gasteiger partial charge in [0.05, 0.1) is 11.6 Å². The number of alkyl halides is 2. The quantitative estimate of drug-likeness (QED) is 0.856. The van der Waals surface area contributed by atoms with Crippen LogP contribution in [-0.4, -0.2) is 52.0 Å². The predicted octanol–water partition coefficient (Wildman–Crippen LogP) is 2.61. The van der Waals surface area contributed by atoms with E-state index in [2.05, 4.69) is 19.9 Å². The Kier molecular flexibility index (Phi) is 4.11. The van der Waals surface area contributed by atoms with Crippen molar-refractivity contribution in [1.82, 2.24) is 19.9 Å². The van der Waals surface area contributed by atoms with Crippen molar-refractivity contribution >= 4 is 5.82 Å². The largest absolute Gasteiger partial charge is 0.354 e. The number of pyridine rings is 1. The smallest absolute Gasteiger partial charge is 0.257 e. The number of hydrogen-bond acceptors (Lipinski definition) is 5. The molecule has 1 atom stereocenters. The summed E-state index contributed by atoms with van der Waals surface area (Å²) in [5, 5.41) is 0. The fraction of sp³-hybridized carbons (Fsp3) is 0.500. The van der Waals surface area contributed by atoms with Crippen molar-refractivity contribution in [3.05, 3.63) is 48.7 Å². The van der Waals surface area contributed by atoms with E-state index in [1.807, 2.05) is 17.0 Å². The molecule has 25 heavy (non-hydrogen) atoms. The van der Waals surface area contributed by atoms with E-state index >= 15 is 0 Å². The van der Waals surface area contributed by atoms with E-state index < -0.39 is 11.3 Å². The first-order chi connectivity index (χ1) is 12.1. The first-order valence-electron chi connectivity index (χ1n) is 8.58. The number of piperidine rings is 1. The van der Waals surface area contributed by atoms with E-state index in [1.54, 1.807) is 31.0 Å². The lowest BCUT2D eigenvalue weighted by atomic mass is 9.75. The summed E-state index contributed by atoms with van der Waals surface area (Å²) in [6.07, 6.45) is 8.73. The molecule has 0 bridgehead atoms. The molecular weight excluding hydrogens is 324 g/mol. The van der Waals surface area contributed by atoms with Gasteiger partial charge in [0.1, 0.15) is 5.82 Å². The van der Waals surface area contributed by atoms with Crippen LogP contribution in [0.25, 0.3) is 0 Å². The molecule has 0 aromatic carbocycles. The molecule has 0 unspecified atom stereocenters. The van der Waals surface area contributed by atoms with Crippen LogP contribution in [0.15, 0.2) is 43.1 Å². The van der Waals surface area contributed by atoms with E-state index in [4.69, 9.17) is 0 Å². The molecule has 2 aromatic heterocycles. The predicted molar refractivity (Wildman–Crippen MR) is 90.4 cm³/mol. The van der Waals surface area contributed by atoms with Crippen molar-refractivity contribution in [3.63, 3.8) is 0 Å². The van der Waals surface area contributed by atoms with Crippen LogP contribution >= 0.6 is 0 Å². The van der Waals surface area contributed by atoms with Gasteiger partial charge >= 0.3 is 0 Å². The van der Waals surface area contributed by atoms with Crippen molar-refractivity contribution in [2.45, 2.75) is 25.3 Å². The van der Waals surface area contributed by atoms with Crippen LogP contribution in [-0.2, 0) is 6.54 Å². The molecule has 0 amide bonds. The lowest BCUT2D eigenvalue weighted by molar-refractivity contribution is -0.158. The third-order valence-corrected chi connectivity index (χ3v) is 5.43. The van der Waals surface area contributed by atoms with Crippen molar-refractivity contribution in [2.75, 3.05) is 31.1 Å². The Morgan fingerprint density at radius 2 is 1.80 bits per heavy atom. The average Bonchev–Trinajstić information content (AvgIpc) is 3.06. The number of hydrogen-bond donors (Lipinski definition) is 0. The Morgan fingerprint density at radius 1 is 0.960 bits per heavy atom. The first kappa shape index (κ1) is 16.3. The fourth-order valence-electron chi connectivity index (χ4n) is 4.02. The molecule has 2 aliphatic heterocycles. The van der Waals surface area contributed by atoms with Crippen LogP contribution in [0.1, 0.15) is 18.4 Å². The zero-order valence-electron chi connectivity index (χ0n) is 14.0. The normalized spacial score (nSPS) is 26.2. The molecule has 132 valence electrons. The fourth-order valence-corrected chi connectivity index (χ4v) is 4.02. The van der Waals surface area contributed by atoms with Crippen LogP contribution in [0, 0.1) is 5.41 Å². The van der Waals surface area contributed by atoms with Gasteiger partial charge in [0.15, 0.2) is 0 Å². The summed E-state index contributed by atoms with van der Waals surface area (Å²) in [5.41, 5.74) is 0.0923. The van der Waals surface area contributed by atoms with Crippen LogP contribution in [0.5, 0.6) is 0 Å². The Morgan fingerprint density at radius 3 is 2.56 bits per heavy atom. The molecule has 1 spiro atoms. The minimum absolute atomic E-state index is 0.0909. The lowest BCUT2D eigenvalue weighted by Gasteiger charge is -2.46. The van der Waals surface area contributed by atoms with Crippen LogP contribution in [0.4, 0.5) is 14.6 Å². The Balaban J connectivity index is 1.52. The first-order valence-corrected chi connectivity index (χ1v) is 8.58. The summed E-state index contributed by atoms with van der Waals surface area (Å²) < 4.78 is 29.7. The minimum Gasteiger partial charge on any atom is -0.354 e. The molecule has 0 N–H and O–H groups in total. The molecule has 5 nitrogen and oxygen atoms in total. The molecule has 4 heterocycles. The van der Waals surface area contributed by atoms with E-state index in [1.165, 1.54) is 0 Å². The second-order valence-corrected chi connectivity index (χ2v) is 7.04. The topological polar surface area (TPSA) is 45.2 Å². The summed E-state index contributed by atoms with van der Waals surface area (Å²) >= 11 is 0. The highest BCUT2D eigenvalue weighted by atomic mass is 19.3. The molecule has 2 fully saturated rings. The van der Waals surface area contributed by atoms with Crippen LogP contribution in [0.2, 0.25) is 0 Å². The third-order valence-electron chi connectivity index (χ3n) is 5.43. The van der Waals surface area contributed by atoms with Gasteiger partial charge < -0.3 is 4.90 Å². The summed E-state index contributed by atoms with van der Waals surface area (Å²) in [4.78, 5) is 16.4. The maximum atomic E-state index is 14.9. The van der Waals surface area contributed by atoms with Gasteiger partial charge in [0.2, 0.25) is 0 Å². The van der Waals surface area contributed by atoms with Gasteiger partial charge in [-0.25, -0.2) is 13.8 Å². The van der Waals surface area contributed by atoms with E-state index in [9.17, 15) is 8.78 Å². The number of aromatic nitrogens is 3. The van der Waals surface area contributed by atoms with Crippen molar-refractivity contribution in [3.8, 4) is 0 Å². The minimum atomic E-state index is -2.65. The molecule has 2 aromatic rings. The average molecular weight is 345 g/mol. The number of halogens is 2. The Hall–Kier alpha value is -2.15. The molecule has 0 radical (unpaired) electrons. The van der Waals surface area contributed by atoms with E-state index in [-0.39, 0.29) is 6.42 Å². The highest BCUT2D eigenvalue weighted by Crippen LogP contribution is 2.50. The number of rotatable bonds is 3. The van der Waals surface area contributed by atoms with Crippen molar-refractivity contribution < 1.29 is 8.78 Å². The standard InChI is InChI=1S/C18H21F2N5/c19-18(20)4-9-24(12-15-1-5-21-6-2-15)13-17(18)3-10-25(14-17)16-11-22-7-8-23-16/h1-2,5-8,11H,3-4,9-10,12-14H2/t17-/m1/s1. The third kappa shape index (κ3) is 3.08. The number of nitrogens with zero attached hydrogens (tertiary/aromatic N) is 5. The molecule has 2 saturated heterocycles. The molecule has 2 aliphatic rings. The van der Waals surface area contributed by atoms with Crippen molar-refractivity contribution in [2.24, 2.45) is 5.41 Å². The van der Waals surface area contributed by atoms with Gasteiger partial charge in [0.25, 0.3) is 5.92 Å². The lowest BCUT2D eigenvalue weighted by Crippen LogP contribution is -2.56. The second-order valence-electron chi connectivity index (χ2n) is 7.04. The maximum Gasteiger partial charge on any atom is 0.257 e. The zero-order chi connectivity index (χ0) is 17.3. The van der Waals surface area contributed by atoms with Crippen molar-refractivity contribution in [1.29, 1.82) is 0 Å². The van der Waals surface area contributed by atoms with Crippen LogP contribution < -0.4 is 4.90 Å². The van der Waals surface area contributed by atoms with Gasteiger partial charge in [-0.2, -0.15) is 0 Å². The zero-order valence-corrected chi connectivity index (χ0v) is 14.0. The van der Waals surface area contributed by atoms with Gasteiger partial charge in [-0.05, 0) is 24.1 Å². The monoisotopic (exact) mass is 345 g/mol. The molecular formula is C18H21F2N5. The highest BCUT2D eigenvalue weighted by molar-refractivity contribution is 5.38. The number of anilines is 1. The van der Waals surface area contributed by atoms with Gasteiger partial charge in [-0.3, -0.25) is 14.9 Å². The molecule has 7 heteroatoms. The Labute approximate surface area is 145 Å². The van der Waals surface area contributed by atoms with E-state index in [0.717, 1.165) is 5.56 Å². The molecule has 0 saturated carbocycles.